The van der Waals surface area contributed by atoms with Gasteiger partial charge < -0.3 is 9.84 Å². The molecule has 1 fully saturated rings. The van der Waals surface area contributed by atoms with Gasteiger partial charge in [-0.15, -0.1) is 0 Å². The average molecular weight is 232 g/mol. The molecule has 92 valence electrons. The molecule has 7 nitrogen and oxygen atoms in total. The summed E-state index contributed by atoms with van der Waals surface area (Å²) in [5, 5.41) is 19.6. The summed E-state index contributed by atoms with van der Waals surface area (Å²) in [5.74, 6) is 0. The maximum atomic E-state index is 11.5. The molecule has 0 unspecified atom stereocenters. The number of amides is 1. The summed E-state index contributed by atoms with van der Waals surface area (Å²) < 4.78 is 5.04. The molecule has 16 heavy (non-hydrogen) atoms. The molecular formula is C9H16N2O5. The standard InChI is InChI=1S/C9H16N2O5/c1-8(2,3)16-7(13)10-4-9(5-10,6-12)11(14)15/h12H,4-6H2,1-3H3. The number of nitrogens with zero attached hydrogens (tertiary/aromatic N) is 2. The predicted molar refractivity (Wildman–Crippen MR) is 54.6 cm³/mol. The van der Waals surface area contributed by atoms with Crippen LogP contribution in [-0.2, 0) is 4.74 Å². The minimum Gasteiger partial charge on any atom is -0.444 e. The molecule has 0 radical (unpaired) electrons. The van der Waals surface area contributed by atoms with Crippen molar-refractivity contribution in [2.45, 2.75) is 31.9 Å². The van der Waals surface area contributed by atoms with Crippen LogP contribution >= 0.6 is 0 Å². The molecule has 0 aromatic rings. The number of hydrogen-bond acceptors (Lipinski definition) is 5. The summed E-state index contributed by atoms with van der Waals surface area (Å²) in [5.41, 5.74) is -2.03. The third-order valence-corrected chi connectivity index (χ3v) is 2.30. The summed E-state index contributed by atoms with van der Waals surface area (Å²) >= 11 is 0. The third-order valence-electron chi connectivity index (χ3n) is 2.30. The number of aliphatic hydroxyl groups excluding tert-OH is 1. The highest BCUT2D eigenvalue weighted by atomic mass is 16.6. The Kier molecular flexibility index (Phi) is 3.09. The predicted octanol–water partition coefficient (Wildman–Crippen LogP) is 0.245. The highest BCUT2D eigenvalue weighted by Crippen LogP contribution is 2.25. The highest BCUT2D eigenvalue weighted by molar-refractivity contribution is 5.69. The first kappa shape index (κ1) is 12.7. The maximum absolute atomic E-state index is 11.5. The minimum atomic E-state index is -1.41. The lowest BCUT2D eigenvalue weighted by molar-refractivity contribution is -0.590. The molecule has 7 heteroatoms. The van der Waals surface area contributed by atoms with E-state index in [1.165, 1.54) is 4.90 Å². The Morgan fingerprint density at radius 2 is 2.06 bits per heavy atom. The number of nitro groups is 1. The fourth-order valence-corrected chi connectivity index (χ4v) is 1.39. The molecule has 0 bridgehead atoms. The molecular weight excluding hydrogens is 216 g/mol. The third kappa shape index (κ3) is 2.41. The van der Waals surface area contributed by atoms with Crippen molar-refractivity contribution in [1.82, 2.24) is 4.90 Å². The molecule has 1 saturated heterocycles. The Balaban J connectivity index is 2.52. The summed E-state index contributed by atoms with van der Waals surface area (Å²) in [4.78, 5) is 22.8. The number of aliphatic hydroxyl groups is 1. The van der Waals surface area contributed by atoms with Crippen LogP contribution < -0.4 is 0 Å². The van der Waals surface area contributed by atoms with Gasteiger partial charge in [0.2, 0.25) is 0 Å². The van der Waals surface area contributed by atoms with Crippen molar-refractivity contribution in [2.75, 3.05) is 19.7 Å². The zero-order chi connectivity index (χ0) is 12.6. The van der Waals surface area contributed by atoms with Gasteiger partial charge in [-0.3, -0.25) is 15.0 Å². The SMILES string of the molecule is CC(C)(C)OC(=O)N1CC(CO)([N+](=O)[O-])C1. The van der Waals surface area contributed by atoms with Crippen molar-refractivity contribution in [2.24, 2.45) is 0 Å². The van der Waals surface area contributed by atoms with E-state index in [1.807, 2.05) is 0 Å². The molecule has 1 aliphatic rings. The first-order valence-corrected chi connectivity index (χ1v) is 4.93. The Bertz CT molecular complexity index is 304. The molecule has 1 N–H and O–H groups in total. The molecule has 1 rings (SSSR count). The lowest BCUT2D eigenvalue weighted by Crippen LogP contribution is -2.69. The monoisotopic (exact) mass is 232 g/mol. The van der Waals surface area contributed by atoms with Gasteiger partial charge in [-0.1, -0.05) is 0 Å². The Hall–Kier alpha value is -1.37. The van der Waals surface area contributed by atoms with Gasteiger partial charge in [-0.05, 0) is 20.8 Å². The first-order chi connectivity index (χ1) is 7.20. The van der Waals surface area contributed by atoms with Gasteiger partial charge in [0.05, 0.1) is 13.1 Å². The van der Waals surface area contributed by atoms with Gasteiger partial charge in [-0.25, -0.2) is 4.79 Å². The maximum Gasteiger partial charge on any atom is 0.410 e. The van der Waals surface area contributed by atoms with E-state index in [4.69, 9.17) is 9.84 Å². The van der Waals surface area contributed by atoms with E-state index in [2.05, 4.69) is 0 Å². The largest absolute Gasteiger partial charge is 0.444 e. The van der Waals surface area contributed by atoms with Crippen LogP contribution in [-0.4, -0.2) is 51.9 Å². The summed E-state index contributed by atoms with van der Waals surface area (Å²) in [7, 11) is 0. The van der Waals surface area contributed by atoms with Gasteiger partial charge in [0, 0.05) is 4.92 Å². The fourth-order valence-electron chi connectivity index (χ4n) is 1.39. The number of likely N-dealkylation sites (tertiary alicyclic amines) is 1. The number of rotatable bonds is 2. The van der Waals surface area contributed by atoms with E-state index in [9.17, 15) is 14.9 Å². The Morgan fingerprint density at radius 1 is 1.56 bits per heavy atom. The fraction of sp³-hybridized carbons (Fsp3) is 0.889. The van der Waals surface area contributed by atoms with E-state index >= 15 is 0 Å². The van der Waals surface area contributed by atoms with Crippen LogP contribution in [0.3, 0.4) is 0 Å². The number of hydrogen-bond donors (Lipinski definition) is 1. The molecule has 1 aliphatic heterocycles. The van der Waals surface area contributed by atoms with Crippen molar-refractivity contribution in [1.29, 1.82) is 0 Å². The van der Waals surface area contributed by atoms with Gasteiger partial charge >= 0.3 is 6.09 Å². The molecule has 1 heterocycles. The molecule has 0 spiro atoms. The zero-order valence-corrected chi connectivity index (χ0v) is 9.60. The molecule has 0 aromatic carbocycles. The van der Waals surface area contributed by atoms with E-state index in [-0.39, 0.29) is 13.1 Å². The quantitative estimate of drug-likeness (QED) is 0.544. The highest BCUT2D eigenvalue weighted by Gasteiger charge is 2.56. The van der Waals surface area contributed by atoms with Crippen molar-refractivity contribution in [3.8, 4) is 0 Å². The number of carbonyl (C=O) groups excluding carboxylic acids is 1. The van der Waals surface area contributed by atoms with E-state index in [0.717, 1.165) is 0 Å². The lowest BCUT2D eigenvalue weighted by atomic mass is 9.92. The van der Waals surface area contributed by atoms with Crippen LogP contribution in [0, 0.1) is 10.1 Å². The second-order valence-electron chi connectivity index (χ2n) is 4.98. The van der Waals surface area contributed by atoms with Crippen molar-refractivity contribution in [3.63, 3.8) is 0 Å². The van der Waals surface area contributed by atoms with Gasteiger partial charge in [0.25, 0.3) is 5.54 Å². The summed E-state index contributed by atoms with van der Waals surface area (Å²) in [6, 6.07) is 0. The number of ether oxygens (including phenoxy) is 1. The smallest absolute Gasteiger partial charge is 0.410 e. The lowest BCUT2D eigenvalue weighted by Gasteiger charge is -2.41. The van der Waals surface area contributed by atoms with Crippen LogP contribution in [0.1, 0.15) is 20.8 Å². The molecule has 0 saturated carbocycles. The van der Waals surface area contributed by atoms with E-state index in [0.29, 0.717) is 0 Å². The van der Waals surface area contributed by atoms with E-state index in [1.54, 1.807) is 20.8 Å². The topological polar surface area (TPSA) is 92.9 Å². The first-order valence-electron chi connectivity index (χ1n) is 4.93. The Labute approximate surface area is 93.1 Å². The average Bonchev–Trinajstić information content (AvgIpc) is 1.98. The molecule has 0 aromatic heterocycles. The van der Waals surface area contributed by atoms with Gasteiger partial charge in [-0.2, -0.15) is 0 Å². The summed E-state index contributed by atoms with van der Waals surface area (Å²) in [6.45, 7) is 4.38. The van der Waals surface area contributed by atoms with Crippen LogP contribution in [0.2, 0.25) is 0 Å². The number of carbonyl (C=O) groups is 1. The molecule has 0 aliphatic carbocycles. The molecule has 0 atom stereocenters. The second-order valence-corrected chi connectivity index (χ2v) is 4.98. The van der Waals surface area contributed by atoms with Crippen molar-refractivity contribution < 1.29 is 19.6 Å². The van der Waals surface area contributed by atoms with Crippen LogP contribution in [0.5, 0.6) is 0 Å². The second kappa shape index (κ2) is 3.89. The van der Waals surface area contributed by atoms with Crippen molar-refractivity contribution in [3.05, 3.63) is 10.1 Å². The van der Waals surface area contributed by atoms with Crippen LogP contribution in [0.15, 0.2) is 0 Å². The van der Waals surface area contributed by atoms with Crippen LogP contribution in [0.4, 0.5) is 4.79 Å². The Morgan fingerprint density at radius 3 is 2.38 bits per heavy atom. The zero-order valence-electron chi connectivity index (χ0n) is 9.60. The van der Waals surface area contributed by atoms with Gasteiger partial charge in [0.15, 0.2) is 0 Å². The molecule has 1 amide bonds. The minimum absolute atomic E-state index is 0.106. The van der Waals surface area contributed by atoms with Crippen LogP contribution in [0.25, 0.3) is 0 Å². The van der Waals surface area contributed by atoms with Gasteiger partial charge in [0.1, 0.15) is 12.2 Å². The normalized spacial score (nSPS) is 18.9. The van der Waals surface area contributed by atoms with E-state index < -0.39 is 28.8 Å². The summed E-state index contributed by atoms with van der Waals surface area (Å²) in [6.07, 6.45) is -0.585. The van der Waals surface area contributed by atoms with Crippen molar-refractivity contribution >= 4 is 6.09 Å².